The SMILES string of the molecule is O=C/C=C/C1=COC2CCC3CCCCC3C2C1=O. The molecule has 102 valence electrons. The average molecular weight is 260 g/mol. The van der Waals surface area contributed by atoms with E-state index in [9.17, 15) is 9.59 Å². The molecule has 0 bridgehead atoms. The molecule has 2 saturated carbocycles. The fourth-order valence-electron chi connectivity index (χ4n) is 4.09. The van der Waals surface area contributed by atoms with Gasteiger partial charge in [-0.3, -0.25) is 9.59 Å². The topological polar surface area (TPSA) is 43.4 Å². The summed E-state index contributed by atoms with van der Waals surface area (Å²) >= 11 is 0. The molecule has 3 nitrogen and oxygen atoms in total. The van der Waals surface area contributed by atoms with Crippen LogP contribution in [0.2, 0.25) is 0 Å². The van der Waals surface area contributed by atoms with E-state index >= 15 is 0 Å². The fraction of sp³-hybridized carbons (Fsp3) is 0.625. The molecular formula is C16H20O3. The van der Waals surface area contributed by atoms with E-state index < -0.39 is 0 Å². The van der Waals surface area contributed by atoms with Crippen molar-refractivity contribution >= 4 is 12.1 Å². The highest BCUT2D eigenvalue weighted by atomic mass is 16.5. The monoisotopic (exact) mass is 260 g/mol. The Bertz CT molecular complexity index is 435. The molecule has 3 heteroatoms. The van der Waals surface area contributed by atoms with Crippen LogP contribution in [-0.4, -0.2) is 18.2 Å². The Hall–Kier alpha value is -1.38. The summed E-state index contributed by atoms with van der Waals surface area (Å²) in [6.45, 7) is 0. The number of hydrogen-bond acceptors (Lipinski definition) is 3. The maximum absolute atomic E-state index is 12.6. The molecule has 0 spiro atoms. The van der Waals surface area contributed by atoms with Gasteiger partial charge in [0.05, 0.1) is 17.8 Å². The van der Waals surface area contributed by atoms with E-state index in [-0.39, 0.29) is 17.8 Å². The van der Waals surface area contributed by atoms with Crippen molar-refractivity contribution in [1.29, 1.82) is 0 Å². The zero-order valence-corrected chi connectivity index (χ0v) is 11.1. The lowest BCUT2D eigenvalue weighted by molar-refractivity contribution is -0.133. The van der Waals surface area contributed by atoms with Gasteiger partial charge in [-0.05, 0) is 43.3 Å². The second-order valence-corrected chi connectivity index (χ2v) is 5.92. The zero-order valence-electron chi connectivity index (χ0n) is 11.1. The van der Waals surface area contributed by atoms with Gasteiger partial charge in [-0.25, -0.2) is 0 Å². The first-order valence-corrected chi connectivity index (χ1v) is 7.33. The van der Waals surface area contributed by atoms with E-state index in [2.05, 4.69) is 0 Å². The molecule has 3 rings (SSSR count). The van der Waals surface area contributed by atoms with E-state index in [1.165, 1.54) is 31.8 Å². The predicted molar refractivity (Wildman–Crippen MR) is 71.3 cm³/mol. The molecule has 4 atom stereocenters. The van der Waals surface area contributed by atoms with Crippen LogP contribution in [0.25, 0.3) is 0 Å². The predicted octanol–water partition coefficient (Wildman–Crippen LogP) is 2.81. The van der Waals surface area contributed by atoms with E-state index in [4.69, 9.17) is 4.74 Å². The number of allylic oxidation sites excluding steroid dienone is 3. The second kappa shape index (κ2) is 5.32. The Kier molecular flexibility index (Phi) is 3.54. The molecular weight excluding hydrogens is 240 g/mol. The van der Waals surface area contributed by atoms with Crippen molar-refractivity contribution in [2.24, 2.45) is 17.8 Å². The number of carbonyl (C=O) groups excluding carboxylic acids is 2. The summed E-state index contributed by atoms with van der Waals surface area (Å²) in [5.74, 6) is 1.41. The van der Waals surface area contributed by atoms with Crippen molar-refractivity contribution in [2.45, 2.75) is 44.6 Å². The minimum atomic E-state index is 0.0235. The van der Waals surface area contributed by atoms with Crippen LogP contribution in [0, 0.1) is 17.8 Å². The van der Waals surface area contributed by atoms with Crippen LogP contribution in [0.5, 0.6) is 0 Å². The number of Topliss-reactive ketones (excluding diaryl/α,β-unsaturated/α-hetero) is 1. The molecule has 19 heavy (non-hydrogen) atoms. The van der Waals surface area contributed by atoms with Gasteiger partial charge >= 0.3 is 0 Å². The minimum Gasteiger partial charge on any atom is -0.497 e. The Morgan fingerprint density at radius 2 is 2.00 bits per heavy atom. The third-order valence-electron chi connectivity index (χ3n) is 4.96. The largest absolute Gasteiger partial charge is 0.497 e. The normalized spacial score (nSPS) is 38.1. The standard InChI is InChI=1S/C16H20O3/c17-9-3-5-12-10-19-14-8-7-11-4-1-2-6-13(11)15(14)16(12)18/h3,5,9-11,13-15H,1-2,4,6-8H2/b5-3+. The second-order valence-electron chi connectivity index (χ2n) is 5.92. The quantitative estimate of drug-likeness (QED) is 0.566. The maximum Gasteiger partial charge on any atom is 0.173 e. The molecule has 1 heterocycles. The van der Waals surface area contributed by atoms with E-state index in [1.54, 1.807) is 12.3 Å². The molecule has 4 unspecified atom stereocenters. The van der Waals surface area contributed by atoms with E-state index in [0.29, 0.717) is 23.7 Å². The third kappa shape index (κ3) is 2.26. The van der Waals surface area contributed by atoms with Crippen LogP contribution >= 0.6 is 0 Å². The van der Waals surface area contributed by atoms with Crippen molar-refractivity contribution in [3.63, 3.8) is 0 Å². The highest BCUT2D eigenvalue weighted by molar-refractivity contribution is 6.01. The number of carbonyl (C=O) groups is 2. The van der Waals surface area contributed by atoms with E-state index in [1.807, 2.05) is 0 Å². The highest BCUT2D eigenvalue weighted by Crippen LogP contribution is 2.47. The molecule has 0 saturated heterocycles. The van der Waals surface area contributed by atoms with Crippen LogP contribution in [0.15, 0.2) is 24.0 Å². The molecule has 0 aromatic carbocycles. The summed E-state index contributed by atoms with van der Waals surface area (Å²) in [5, 5.41) is 0. The van der Waals surface area contributed by atoms with Gasteiger partial charge < -0.3 is 4.74 Å². The minimum absolute atomic E-state index is 0.0235. The first kappa shape index (κ1) is 12.6. The molecule has 0 aromatic rings. The number of hydrogen-bond donors (Lipinski definition) is 0. The van der Waals surface area contributed by atoms with Crippen LogP contribution in [-0.2, 0) is 14.3 Å². The van der Waals surface area contributed by atoms with Crippen molar-refractivity contribution in [1.82, 2.24) is 0 Å². The van der Waals surface area contributed by atoms with Gasteiger partial charge in [0, 0.05) is 0 Å². The van der Waals surface area contributed by atoms with Gasteiger partial charge in [-0.2, -0.15) is 0 Å². The van der Waals surface area contributed by atoms with Crippen molar-refractivity contribution in [3.05, 3.63) is 24.0 Å². The number of rotatable bonds is 2. The van der Waals surface area contributed by atoms with Gasteiger partial charge in [0.15, 0.2) is 5.78 Å². The molecule has 0 N–H and O–H groups in total. The Balaban J connectivity index is 1.84. The number of aldehydes is 1. The Morgan fingerprint density at radius 1 is 1.16 bits per heavy atom. The Labute approximate surface area is 113 Å². The first-order chi connectivity index (χ1) is 9.31. The van der Waals surface area contributed by atoms with Crippen LogP contribution in [0.4, 0.5) is 0 Å². The highest BCUT2D eigenvalue weighted by Gasteiger charge is 2.46. The molecule has 3 aliphatic rings. The summed E-state index contributed by atoms with van der Waals surface area (Å²) in [6.07, 6.45) is 12.4. The number of ether oxygens (including phenoxy) is 1. The lowest BCUT2D eigenvalue weighted by atomic mass is 9.62. The van der Waals surface area contributed by atoms with Crippen LogP contribution in [0.1, 0.15) is 38.5 Å². The van der Waals surface area contributed by atoms with E-state index in [0.717, 1.165) is 12.8 Å². The fourth-order valence-corrected chi connectivity index (χ4v) is 4.09. The van der Waals surface area contributed by atoms with Crippen LogP contribution < -0.4 is 0 Å². The van der Waals surface area contributed by atoms with Gasteiger partial charge in [0.2, 0.25) is 0 Å². The summed E-state index contributed by atoms with van der Waals surface area (Å²) in [6, 6.07) is 0. The third-order valence-corrected chi connectivity index (χ3v) is 4.96. The average Bonchev–Trinajstić information content (AvgIpc) is 2.46. The summed E-state index contributed by atoms with van der Waals surface area (Å²) < 4.78 is 5.76. The van der Waals surface area contributed by atoms with Gasteiger partial charge in [-0.15, -0.1) is 0 Å². The van der Waals surface area contributed by atoms with Crippen molar-refractivity contribution < 1.29 is 14.3 Å². The molecule has 2 fully saturated rings. The van der Waals surface area contributed by atoms with Crippen molar-refractivity contribution in [3.8, 4) is 0 Å². The number of ketones is 1. The summed E-state index contributed by atoms with van der Waals surface area (Å²) in [5.41, 5.74) is 0.555. The Morgan fingerprint density at radius 3 is 2.84 bits per heavy atom. The molecule has 2 aliphatic carbocycles. The zero-order chi connectivity index (χ0) is 13.2. The molecule has 0 amide bonds. The first-order valence-electron chi connectivity index (χ1n) is 7.33. The summed E-state index contributed by atoms with van der Waals surface area (Å²) in [7, 11) is 0. The summed E-state index contributed by atoms with van der Waals surface area (Å²) in [4.78, 5) is 23.0. The maximum atomic E-state index is 12.6. The van der Waals surface area contributed by atoms with Gasteiger partial charge in [-0.1, -0.05) is 19.3 Å². The smallest absolute Gasteiger partial charge is 0.173 e. The lowest BCUT2D eigenvalue weighted by Gasteiger charge is -2.45. The molecule has 0 aromatic heterocycles. The van der Waals surface area contributed by atoms with Crippen molar-refractivity contribution in [2.75, 3.05) is 0 Å². The molecule has 1 aliphatic heterocycles. The van der Waals surface area contributed by atoms with Gasteiger partial charge in [0.25, 0.3) is 0 Å². The lowest BCUT2D eigenvalue weighted by Crippen LogP contribution is -2.46. The van der Waals surface area contributed by atoms with Crippen LogP contribution in [0.3, 0.4) is 0 Å². The molecule has 0 radical (unpaired) electrons. The number of fused-ring (bicyclic) bond motifs is 3. The van der Waals surface area contributed by atoms with Gasteiger partial charge in [0.1, 0.15) is 12.4 Å².